The van der Waals surface area contributed by atoms with Crippen molar-refractivity contribution in [2.45, 2.75) is 13.0 Å². The summed E-state index contributed by atoms with van der Waals surface area (Å²) in [6.45, 7) is 1.61. The van der Waals surface area contributed by atoms with Gasteiger partial charge in [-0.3, -0.25) is 4.68 Å². The third kappa shape index (κ3) is 3.48. The molecule has 2 rings (SSSR count). The summed E-state index contributed by atoms with van der Waals surface area (Å²) in [5, 5.41) is 8.71. The van der Waals surface area contributed by atoms with Crippen LogP contribution in [0.5, 0.6) is 0 Å². The summed E-state index contributed by atoms with van der Waals surface area (Å²) in [7, 11) is 1.92. The number of halogens is 2. The fourth-order valence-electron chi connectivity index (χ4n) is 1.74. The smallest absolute Gasteiger partial charge is 0.0637 e. The topological polar surface area (TPSA) is 29.9 Å². The van der Waals surface area contributed by atoms with Crippen molar-refractivity contribution in [3.63, 3.8) is 0 Å². The van der Waals surface area contributed by atoms with Crippen LogP contribution in [0.1, 0.15) is 11.1 Å². The molecule has 0 aliphatic carbocycles. The third-order valence-corrected chi connectivity index (χ3v) is 3.55. The molecule has 0 aliphatic rings. The van der Waals surface area contributed by atoms with Gasteiger partial charge < -0.3 is 5.32 Å². The second kappa shape index (κ2) is 6.23. The second-order valence-corrected chi connectivity index (χ2v) is 4.95. The molecule has 1 N–H and O–H groups in total. The van der Waals surface area contributed by atoms with Crippen molar-refractivity contribution in [1.29, 1.82) is 0 Å². The lowest BCUT2D eigenvalue weighted by Gasteiger charge is -2.07. The first-order valence-electron chi connectivity index (χ1n) is 5.78. The van der Waals surface area contributed by atoms with Crippen molar-refractivity contribution in [3.8, 4) is 0 Å². The standard InChI is InChI=1S/C13H15Cl2N3/c1-18-9-10(7-17-18)5-6-16-8-11-3-2-4-12(14)13(11)15/h2-4,7,9,16H,5-6,8H2,1H3. The Morgan fingerprint density at radius 3 is 2.89 bits per heavy atom. The normalized spacial score (nSPS) is 10.8. The summed E-state index contributed by atoms with van der Waals surface area (Å²) in [4.78, 5) is 0. The predicted octanol–water partition coefficient (Wildman–Crippen LogP) is 3.06. The minimum absolute atomic E-state index is 0.600. The number of aryl methyl sites for hydroxylation is 1. The summed E-state index contributed by atoms with van der Waals surface area (Å²) in [5.41, 5.74) is 2.25. The van der Waals surface area contributed by atoms with E-state index >= 15 is 0 Å². The lowest BCUT2D eigenvalue weighted by Crippen LogP contribution is -2.16. The van der Waals surface area contributed by atoms with E-state index in [-0.39, 0.29) is 0 Å². The Morgan fingerprint density at radius 2 is 2.17 bits per heavy atom. The predicted molar refractivity (Wildman–Crippen MR) is 75.1 cm³/mol. The monoisotopic (exact) mass is 283 g/mol. The highest BCUT2D eigenvalue weighted by Gasteiger charge is 2.03. The van der Waals surface area contributed by atoms with Crippen LogP contribution in [0.4, 0.5) is 0 Å². The van der Waals surface area contributed by atoms with Crippen LogP contribution in [0.3, 0.4) is 0 Å². The van der Waals surface area contributed by atoms with E-state index < -0.39 is 0 Å². The molecule has 3 nitrogen and oxygen atoms in total. The number of rotatable bonds is 5. The Hall–Kier alpha value is -1.03. The van der Waals surface area contributed by atoms with Gasteiger partial charge in [0.25, 0.3) is 0 Å². The first-order chi connectivity index (χ1) is 8.66. The number of nitrogens with zero attached hydrogens (tertiary/aromatic N) is 2. The summed E-state index contributed by atoms with van der Waals surface area (Å²) in [5.74, 6) is 0. The maximum absolute atomic E-state index is 6.11. The molecule has 18 heavy (non-hydrogen) atoms. The molecule has 1 heterocycles. The fourth-order valence-corrected chi connectivity index (χ4v) is 2.13. The average molecular weight is 284 g/mol. The molecule has 1 aromatic heterocycles. The number of hydrogen-bond donors (Lipinski definition) is 1. The van der Waals surface area contributed by atoms with Gasteiger partial charge in [0.05, 0.1) is 16.2 Å². The van der Waals surface area contributed by atoms with Gasteiger partial charge in [0.1, 0.15) is 0 Å². The van der Waals surface area contributed by atoms with Gasteiger partial charge in [-0.05, 0) is 30.2 Å². The molecule has 2 aromatic rings. The van der Waals surface area contributed by atoms with E-state index in [2.05, 4.69) is 10.4 Å². The molecule has 0 spiro atoms. The van der Waals surface area contributed by atoms with E-state index in [0.717, 1.165) is 25.1 Å². The van der Waals surface area contributed by atoms with Gasteiger partial charge in [-0.15, -0.1) is 0 Å². The van der Waals surface area contributed by atoms with Crippen LogP contribution in [0, 0.1) is 0 Å². The molecule has 96 valence electrons. The van der Waals surface area contributed by atoms with Crippen LogP contribution in [-0.2, 0) is 20.0 Å². The van der Waals surface area contributed by atoms with E-state index in [0.29, 0.717) is 10.0 Å². The number of aromatic nitrogens is 2. The van der Waals surface area contributed by atoms with E-state index in [1.807, 2.05) is 36.3 Å². The van der Waals surface area contributed by atoms with Crippen LogP contribution < -0.4 is 5.32 Å². The van der Waals surface area contributed by atoms with Gasteiger partial charge >= 0.3 is 0 Å². The maximum atomic E-state index is 6.11. The summed E-state index contributed by atoms with van der Waals surface area (Å²) in [6, 6.07) is 5.68. The molecule has 0 bridgehead atoms. The third-order valence-electron chi connectivity index (χ3n) is 2.70. The van der Waals surface area contributed by atoms with Gasteiger partial charge in [-0.1, -0.05) is 35.3 Å². The lowest BCUT2D eigenvalue weighted by atomic mass is 10.2. The fraction of sp³-hybridized carbons (Fsp3) is 0.308. The van der Waals surface area contributed by atoms with E-state index in [4.69, 9.17) is 23.2 Å². The van der Waals surface area contributed by atoms with Crippen molar-refractivity contribution in [1.82, 2.24) is 15.1 Å². The second-order valence-electron chi connectivity index (χ2n) is 4.16. The van der Waals surface area contributed by atoms with E-state index in [1.165, 1.54) is 5.56 Å². The lowest BCUT2D eigenvalue weighted by molar-refractivity contribution is 0.686. The van der Waals surface area contributed by atoms with Crippen LogP contribution in [0.15, 0.2) is 30.6 Å². The zero-order valence-electron chi connectivity index (χ0n) is 10.2. The number of benzene rings is 1. The highest BCUT2D eigenvalue weighted by atomic mass is 35.5. The van der Waals surface area contributed by atoms with Gasteiger partial charge in [0.15, 0.2) is 0 Å². The first-order valence-corrected chi connectivity index (χ1v) is 6.53. The Balaban J connectivity index is 1.80. The van der Waals surface area contributed by atoms with Gasteiger partial charge in [0.2, 0.25) is 0 Å². The molecule has 0 amide bonds. The first kappa shape index (κ1) is 13.4. The van der Waals surface area contributed by atoms with Crippen LogP contribution in [0.25, 0.3) is 0 Å². The molecule has 0 saturated heterocycles. The van der Waals surface area contributed by atoms with Crippen molar-refractivity contribution < 1.29 is 0 Å². The minimum atomic E-state index is 0.600. The quantitative estimate of drug-likeness (QED) is 0.855. The van der Waals surface area contributed by atoms with Crippen molar-refractivity contribution >= 4 is 23.2 Å². The summed E-state index contributed by atoms with van der Waals surface area (Å²) >= 11 is 12.1. The largest absolute Gasteiger partial charge is 0.312 e. The average Bonchev–Trinajstić information content (AvgIpc) is 2.76. The summed E-state index contributed by atoms with van der Waals surface area (Å²) in [6.07, 6.45) is 4.86. The Bertz CT molecular complexity index is 523. The molecule has 5 heteroatoms. The van der Waals surface area contributed by atoms with Crippen molar-refractivity contribution in [2.75, 3.05) is 6.54 Å². The van der Waals surface area contributed by atoms with Crippen LogP contribution in [-0.4, -0.2) is 16.3 Å². The number of hydrogen-bond acceptors (Lipinski definition) is 2. The molecule has 0 unspecified atom stereocenters. The van der Waals surface area contributed by atoms with Crippen LogP contribution in [0.2, 0.25) is 10.0 Å². The van der Waals surface area contributed by atoms with Gasteiger partial charge in [-0.25, -0.2) is 0 Å². The number of nitrogens with one attached hydrogen (secondary N) is 1. The van der Waals surface area contributed by atoms with Crippen LogP contribution >= 0.6 is 23.2 Å². The highest BCUT2D eigenvalue weighted by Crippen LogP contribution is 2.25. The molecule has 0 atom stereocenters. The van der Waals surface area contributed by atoms with Gasteiger partial charge in [-0.2, -0.15) is 5.10 Å². The van der Waals surface area contributed by atoms with Gasteiger partial charge in [0, 0.05) is 19.8 Å². The molecule has 0 aliphatic heterocycles. The zero-order chi connectivity index (χ0) is 13.0. The van der Waals surface area contributed by atoms with E-state index in [9.17, 15) is 0 Å². The molecule has 0 radical (unpaired) electrons. The minimum Gasteiger partial charge on any atom is -0.312 e. The molecular formula is C13H15Cl2N3. The molecule has 1 aromatic carbocycles. The SMILES string of the molecule is Cn1cc(CCNCc2cccc(Cl)c2Cl)cn1. The molecule has 0 fully saturated rings. The molecular weight excluding hydrogens is 269 g/mol. The Kier molecular flexibility index (Phi) is 4.64. The zero-order valence-corrected chi connectivity index (χ0v) is 11.7. The highest BCUT2D eigenvalue weighted by molar-refractivity contribution is 6.42. The Labute approximate surface area is 117 Å². The molecule has 0 saturated carbocycles. The Morgan fingerprint density at radius 1 is 1.33 bits per heavy atom. The van der Waals surface area contributed by atoms with E-state index in [1.54, 1.807) is 6.07 Å². The van der Waals surface area contributed by atoms with Crippen molar-refractivity contribution in [3.05, 3.63) is 51.8 Å². The summed E-state index contributed by atoms with van der Waals surface area (Å²) < 4.78 is 1.81. The maximum Gasteiger partial charge on any atom is 0.0637 e. The van der Waals surface area contributed by atoms with Crippen molar-refractivity contribution in [2.24, 2.45) is 7.05 Å².